The lowest BCUT2D eigenvalue weighted by Crippen LogP contribution is -2.42. The second-order valence-corrected chi connectivity index (χ2v) is 6.41. The lowest BCUT2D eigenvalue weighted by Gasteiger charge is -2.33. The Labute approximate surface area is 127 Å². The van der Waals surface area contributed by atoms with Crippen LogP contribution in [0.5, 0.6) is 0 Å². The molecule has 1 N–H and O–H groups in total. The summed E-state index contributed by atoms with van der Waals surface area (Å²) < 4.78 is 0. The van der Waals surface area contributed by atoms with E-state index in [1.165, 1.54) is 58.5 Å². The Bertz CT molecular complexity index is 236. The van der Waals surface area contributed by atoms with Gasteiger partial charge in [0.25, 0.3) is 0 Å². The van der Waals surface area contributed by atoms with Crippen molar-refractivity contribution in [2.75, 3.05) is 39.3 Å². The molecule has 1 fully saturated rings. The van der Waals surface area contributed by atoms with Crippen LogP contribution in [0.4, 0.5) is 0 Å². The molecule has 0 radical (unpaired) electrons. The van der Waals surface area contributed by atoms with Crippen LogP contribution in [0.2, 0.25) is 0 Å². The van der Waals surface area contributed by atoms with E-state index in [2.05, 4.69) is 49.7 Å². The fourth-order valence-electron chi connectivity index (χ4n) is 2.86. The zero-order valence-electron chi connectivity index (χ0n) is 14.5. The molecular weight excluding hydrogens is 246 g/mol. The molecule has 120 valence electrons. The van der Waals surface area contributed by atoms with Crippen molar-refractivity contribution in [3.05, 3.63) is 0 Å². The highest BCUT2D eigenvalue weighted by Gasteiger charge is 2.24. The molecule has 0 aliphatic heterocycles. The van der Waals surface area contributed by atoms with E-state index in [1.807, 2.05) is 0 Å². The first-order valence-electron chi connectivity index (χ1n) is 8.82. The Kier molecular flexibility index (Phi) is 8.74. The van der Waals surface area contributed by atoms with Gasteiger partial charge in [0.1, 0.15) is 0 Å². The van der Waals surface area contributed by atoms with E-state index < -0.39 is 0 Å². The van der Waals surface area contributed by atoms with Crippen LogP contribution in [-0.2, 0) is 0 Å². The number of rotatable bonds is 12. The van der Waals surface area contributed by atoms with Gasteiger partial charge in [-0.15, -0.1) is 0 Å². The number of hydrogen-bond acceptors (Lipinski definition) is 3. The summed E-state index contributed by atoms with van der Waals surface area (Å²) in [6, 6.07) is 1.52. The molecular formula is C17H37N3. The molecule has 0 saturated heterocycles. The lowest BCUT2D eigenvalue weighted by molar-refractivity contribution is 0.156. The quantitative estimate of drug-likeness (QED) is 0.594. The molecule has 1 saturated carbocycles. The van der Waals surface area contributed by atoms with E-state index in [0.29, 0.717) is 6.04 Å². The van der Waals surface area contributed by atoms with Crippen molar-refractivity contribution in [3.8, 4) is 0 Å². The van der Waals surface area contributed by atoms with Crippen molar-refractivity contribution in [2.45, 2.75) is 66.0 Å². The summed E-state index contributed by atoms with van der Waals surface area (Å²) in [6.07, 6.45) is 4.08. The zero-order chi connectivity index (χ0) is 15.0. The molecule has 0 aromatic heterocycles. The summed E-state index contributed by atoms with van der Waals surface area (Å²) >= 11 is 0. The van der Waals surface area contributed by atoms with Gasteiger partial charge in [0.05, 0.1) is 0 Å². The molecule has 3 nitrogen and oxygen atoms in total. The minimum absolute atomic E-state index is 0.683. The minimum Gasteiger partial charge on any atom is -0.314 e. The molecule has 0 bridgehead atoms. The van der Waals surface area contributed by atoms with Crippen molar-refractivity contribution in [2.24, 2.45) is 5.92 Å². The Morgan fingerprint density at radius 1 is 1.00 bits per heavy atom. The molecule has 3 heteroatoms. The Morgan fingerprint density at radius 2 is 1.65 bits per heavy atom. The normalized spacial score (nSPS) is 18.8. The van der Waals surface area contributed by atoms with Crippen LogP contribution in [-0.4, -0.2) is 61.2 Å². The zero-order valence-corrected chi connectivity index (χ0v) is 14.5. The van der Waals surface area contributed by atoms with Crippen LogP contribution in [0.3, 0.4) is 0 Å². The first kappa shape index (κ1) is 17.9. The predicted molar refractivity (Wildman–Crippen MR) is 89.3 cm³/mol. The van der Waals surface area contributed by atoms with Gasteiger partial charge < -0.3 is 15.1 Å². The van der Waals surface area contributed by atoms with E-state index >= 15 is 0 Å². The summed E-state index contributed by atoms with van der Waals surface area (Å²) in [4.78, 5) is 5.18. The lowest BCUT2D eigenvalue weighted by atomic mass is 10.0. The average molecular weight is 284 g/mol. The van der Waals surface area contributed by atoms with Crippen molar-refractivity contribution in [1.82, 2.24) is 15.1 Å². The van der Waals surface area contributed by atoms with Crippen LogP contribution in [0.15, 0.2) is 0 Å². The average Bonchev–Trinajstić information content (AvgIpc) is 3.28. The van der Waals surface area contributed by atoms with Crippen molar-refractivity contribution in [1.29, 1.82) is 0 Å². The predicted octanol–water partition coefficient (Wildman–Crippen LogP) is 2.82. The van der Waals surface area contributed by atoms with Gasteiger partial charge in [-0.05, 0) is 71.4 Å². The number of nitrogens with one attached hydrogen (secondary N) is 1. The summed E-state index contributed by atoms with van der Waals surface area (Å²) in [5.41, 5.74) is 0. The fourth-order valence-corrected chi connectivity index (χ4v) is 2.86. The van der Waals surface area contributed by atoms with Crippen LogP contribution < -0.4 is 5.32 Å². The van der Waals surface area contributed by atoms with E-state index in [-0.39, 0.29) is 0 Å². The third-order valence-electron chi connectivity index (χ3n) is 4.93. The first-order valence-corrected chi connectivity index (χ1v) is 8.82. The number of nitrogens with zero attached hydrogens (tertiary/aromatic N) is 2. The van der Waals surface area contributed by atoms with Gasteiger partial charge in [-0.2, -0.15) is 0 Å². The minimum atomic E-state index is 0.683. The third-order valence-corrected chi connectivity index (χ3v) is 4.93. The Hall–Kier alpha value is -0.120. The molecule has 0 spiro atoms. The third kappa shape index (κ3) is 6.55. The molecule has 2 unspecified atom stereocenters. The number of hydrogen-bond donors (Lipinski definition) is 1. The van der Waals surface area contributed by atoms with Crippen LogP contribution in [0.25, 0.3) is 0 Å². The van der Waals surface area contributed by atoms with Gasteiger partial charge in [-0.3, -0.25) is 0 Å². The van der Waals surface area contributed by atoms with E-state index in [9.17, 15) is 0 Å². The maximum atomic E-state index is 3.67. The maximum absolute atomic E-state index is 3.67. The SMILES string of the molecule is CCN(CC)CCCN(CC)C(C)C(C)CNC1CC1. The van der Waals surface area contributed by atoms with Crippen molar-refractivity contribution in [3.63, 3.8) is 0 Å². The first-order chi connectivity index (χ1) is 9.62. The second kappa shape index (κ2) is 9.75. The molecule has 1 aliphatic rings. The summed E-state index contributed by atoms with van der Waals surface area (Å²) in [6.45, 7) is 18.8. The van der Waals surface area contributed by atoms with Gasteiger partial charge in [0.2, 0.25) is 0 Å². The van der Waals surface area contributed by atoms with E-state index in [1.54, 1.807) is 0 Å². The van der Waals surface area contributed by atoms with Gasteiger partial charge in [0, 0.05) is 12.1 Å². The van der Waals surface area contributed by atoms with Crippen molar-refractivity contribution < 1.29 is 0 Å². The van der Waals surface area contributed by atoms with Gasteiger partial charge in [-0.25, -0.2) is 0 Å². The molecule has 20 heavy (non-hydrogen) atoms. The van der Waals surface area contributed by atoms with Crippen LogP contribution in [0.1, 0.15) is 53.9 Å². The molecule has 0 aromatic carbocycles. The van der Waals surface area contributed by atoms with Crippen LogP contribution in [0, 0.1) is 5.92 Å². The highest BCUT2D eigenvalue weighted by atomic mass is 15.2. The monoisotopic (exact) mass is 283 g/mol. The molecule has 2 atom stereocenters. The van der Waals surface area contributed by atoms with Gasteiger partial charge in [0.15, 0.2) is 0 Å². The summed E-state index contributed by atoms with van der Waals surface area (Å²) in [5, 5.41) is 3.67. The fraction of sp³-hybridized carbons (Fsp3) is 1.00. The summed E-state index contributed by atoms with van der Waals surface area (Å²) in [5.74, 6) is 0.740. The second-order valence-electron chi connectivity index (χ2n) is 6.41. The highest BCUT2D eigenvalue weighted by molar-refractivity contribution is 4.83. The van der Waals surface area contributed by atoms with Crippen LogP contribution >= 0.6 is 0 Å². The van der Waals surface area contributed by atoms with E-state index in [4.69, 9.17) is 0 Å². The largest absolute Gasteiger partial charge is 0.314 e. The van der Waals surface area contributed by atoms with Crippen molar-refractivity contribution >= 4 is 0 Å². The maximum Gasteiger partial charge on any atom is 0.0105 e. The smallest absolute Gasteiger partial charge is 0.0105 e. The highest BCUT2D eigenvalue weighted by Crippen LogP contribution is 2.20. The standard InChI is InChI=1S/C17H37N3/c1-6-19(7-2)12-9-13-20(8-3)16(5)15(4)14-18-17-10-11-17/h15-18H,6-14H2,1-5H3. The van der Waals surface area contributed by atoms with E-state index in [0.717, 1.165) is 12.0 Å². The molecule has 0 heterocycles. The molecule has 0 amide bonds. The summed E-state index contributed by atoms with van der Waals surface area (Å²) in [7, 11) is 0. The molecule has 0 aromatic rings. The van der Waals surface area contributed by atoms with Gasteiger partial charge >= 0.3 is 0 Å². The molecule has 1 aliphatic carbocycles. The molecule has 1 rings (SSSR count). The Balaban J connectivity index is 2.23. The Morgan fingerprint density at radius 3 is 2.15 bits per heavy atom. The van der Waals surface area contributed by atoms with Gasteiger partial charge in [-0.1, -0.05) is 27.7 Å². The topological polar surface area (TPSA) is 18.5 Å².